The lowest BCUT2D eigenvalue weighted by molar-refractivity contribution is 0.760. The molecule has 0 aliphatic heterocycles. The summed E-state index contributed by atoms with van der Waals surface area (Å²) in [5, 5.41) is 4.49. The van der Waals surface area contributed by atoms with E-state index >= 15 is 0 Å². The zero-order chi connectivity index (χ0) is 10.8. The summed E-state index contributed by atoms with van der Waals surface area (Å²) >= 11 is 0. The Balaban J connectivity index is 2.45. The molecule has 0 saturated heterocycles. The number of fused-ring (bicyclic) bond motifs is 1. The molecule has 1 unspecified atom stereocenters. The van der Waals surface area contributed by atoms with Crippen LogP contribution in [-0.2, 0) is 0 Å². The second-order valence-electron chi connectivity index (χ2n) is 3.87. The predicted molar refractivity (Wildman–Crippen MR) is 62.0 cm³/mol. The zero-order valence-electron chi connectivity index (χ0n) is 9.33. The molecule has 2 heterocycles. The smallest absolute Gasteiger partial charge is 0.143 e. The summed E-state index contributed by atoms with van der Waals surface area (Å²) < 4.78 is 0. The average Bonchev–Trinajstić information content (AvgIpc) is 2.61. The van der Waals surface area contributed by atoms with Gasteiger partial charge < -0.3 is 10.3 Å². The molecule has 4 nitrogen and oxygen atoms in total. The van der Waals surface area contributed by atoms with Gasteiger partial charge in [-0.25, -0.2) is 9.97 Å². The number of nitrogens with zero attached hydrogens (tertiary/aromatic N) is 2. The van der Waals surface area contributed by atoms with E-state index in [2.05, 4.69) is 41.0 Å². The molecule has 0 radical (unpaired) electrons. The monoisotopic (exact) mass is 204 g/mol. The number of H-pyrrole nitrogens is 1. The van der Waals surface area contributed by atoms with E-state index in [4.69, 9.17) is 0 Å². The SMILES string of the molecule is CCC(C)Nc1ncnc2[nH]cc(C)c12. The van der Waals surface area contributed by atoms with Crippen LogP contribution in [0.4, 0.5) is 5.82 Å². The van der Waals surface area contributed by atoms with Crippen LogP contribution in [-0.4, -0.2) is 21.0 Å². The molecule has 1 atom stereocenters. The van der Waals surface area contributed by atoms with E-state index in [0.717, 1.165) is 23.3 Å². The second kappa shape index (κ2) is 3.88. The van der Waals surface area contributed by atoms with E-state index < -0.39 is 0 Å². The second-order valence-corrected chi connectivity index (χ2v) is 3.87. The van der Waals surface area contributed by atoms with Gasteiger partial charge in [0.15, 0.2) is 0 Å². The summed E-state index contributed by atoms with van der Waals surface area (Å²) in [7, 11) is 0. The summed E-state index contributed by atoms with van der Waals surface area (Å²) in [6, 6.07) is 0.428. The van der Waals surface area contributed by atoms with Gasteiger partial charge in [0.1, 0.15) is 17.8 Å². The molecule has 2 N–H and O–H groups in total. The molecule has 0 bridgehead atoms. The lowest BCUT2D eigenvalue weighted by Gasteiger charge is -2.12. The van der Waals surface area contributed by atoms with Gasteiger partial charge in [0.25, 0.3) is 0 Å². The van der Waals surface area contributed by atoms with Crippen LogP contribution in [0.5, 0.6) is 0 Å². The topological polar surface area (TPSA) is 53.6 Å². The Bertz CT molecular complexity index is 461. The number of rotatable bonds is 3. The van der Waals surface area contributed by atoms with Gasteiger partial charge in [-0.3, -0.25) is 0 Å². The number of aryl methyl sites for hydroxylation is 1. The molecule has 0 saturated carbocycles. The Kier molecular flexibility index (Phi) is 2.58. The van der Waals surface area contributed by atoms with Crippen molar-refractivity contribution in [1.82, 2.24) is 15.0 Å². The molecule has 0 aliphatic carbocycles. The Labute approximate surface area is 89.1 Å². The molecule has 80 valence electrons. The van der Waals surface area contributed by atoms with Crippen LogP contribution in [0, 0.1) is 6.92 Å². The maximum absolute atomic E-state index is 4.29. The summed E-state index contributed by atoms with van der Waals surface area (Å²) in [5.41, 5.74) is 2.07. The summed E-state index contributed by atoms with van der Waals surface area (Å²) in [4.78, 5) is 11.6. The van der Waals surface area contributed by atoms with E-state index in [1.807, 2.05) is 6.20 Å². The molecular weight excluding hydrogens is 188 g/mol. The van der Waals surface area contributed by atoms with Crippen LogP contribution < -0.4 is 5.32 Å². The molecule has 2 aromatic rings. The lowest BCUT2D eigenvalue weighted by Crippen LogP contribution is -2.14. The number of nitrogens with one attached hydrogen (secondary N) is 2. The number of hydrogen-bond donors (Lipinski definition) is 2. The standard InChI is InChI=1S/C11H16N4/c1-4-8(3)15-11-9-7(2)5-12-10(9)13-6-14-11/h5-6,8H,4H2,1-3H3,(H2,12,13,14,15). The van der Waals surface area contributed by atoms with Gasteiger partial charge in [-0.1, -0.05) is 6.92 Å². The first-order valence-electron chi connectivity index (χ1n) is 5.27. The fraction of sp³-hybridized carbons (Fsp3) is 0.455. The minimum absolute atomic E-state index is 0.428. The van der Waals surface area contributed by atoms with Gasteiger partial charge in [-0.05, 0) is 25.8 Å². The Morgan fingerprint density at radius 1 is 1.47 bits per heavy atom. The maximum Gasteiger partial charge on any atom is 0.143 e. The van der Waals surface area contributed by atoms with E-state index in [9.17, 15) is 0 Å². The number of aromatic amines is 1. The van der Waals surface area contributed by atoms with Crippen LogP contribution >= 0.6 is 0 Å². The van der Waals surface area contributed by atoms with Gasteiger partial charge in [0.2, 0.25) is 0 Å². The van der Waals surface area contributed by atoms with Crippen molar-refractivity contribution in [3.63, 3.8) is 0 Å². The summed E-state index contributed by atoms with van der Waals surface area (Å²) in [5.74, 6) is 0.924. The fourth-order valence-corrected chi connectivity index (χ4v) is 1.56. The van der Waals surface area contributed by atoms with Crippen LogP contribution in [0.2, 0.25) is 0 Å². The normalized spacial score (nSPS) is 13.0. The van der Waals surface area contributed by atoms with Crippen LogP contribution in [0.15, 0.2) is 12.5 Å². The number of aromatic nitrogens is 3. The van der Waals surface area contributed by atoms with Gasteiger partial charge in [0, 0.05) is 12.2 Å². The molecule has 15 heavy (non-hydrogen) atoms. The molecule has 2 aromatic heterocycles. The Morgan fingerprint density at radius 3 is 3.00 bits per heavy atom. The highest BCUT2D eigenvalue weighted by atomic mass is 15.0. The van der Waals surface area contributed by atoms with Gasteiger partial charge >= 0.3 is 0 Å². The van der Waals surface area contributed by atoms with Gasteiger partial charge in [-0.15, -0.1) is 0 Å². The third-order valence-corrected chi connectivity index (χ3v) is 2.66. The van der Waals surface area contributed by atoms with Crippen molar-refractivity contribution in [3.8, 4) is 0 Å². The van der Waals surface area contributed by atoms with Crippen molar-refractivity contribution in [3.05, 3.63) is 18.1 Å². The highest BCUT2D eigenvalue weighted by Gasteiger charge is 2.09. The minimum Gasteiger partial charge on any atom is -0.367 e. The van der Waals surface area contributed by atoms with Crippen molar-refractivity contribution in [2.24, 2.45) is 0 Å². The largest absolute Gasteiger partial charge is 0.367 e. The molecule has 4 heteroatoms. The zero-order valence-corrected chi connectivity index (χ0v) is 9.33. The third-order valence-electron chi connectivity index (χ3n) is 2.66. The van der Waals surface area contributed by atoms with E-state index in [-0.39, 0.29) is 0 Å². The van der Waals surface area contributed by atoms with Crippen LogP contribution in [0.25, 0.3) is 11.0 Å². The minimum atomic E-state index is 0.428. The molecular formula is C11H16N4. The van der Waals surface area contributed by atoms with Gasteiger partial charge in [0.05, 0.1) is 5.39 Å². The average molecular weight is 204 g/mol. The van der Waals surface area contributed by atoms with E-state index in [1.54, 1.807) is 6.33 Å². The van der Waals surface area contributed by atoms with Crippen molar-refractivity contribution in [2.45, 2.75) is 33.2 Å². The van der Waals surface area contributed by atoms with Gasteiger partial charge in [-0.2, -0.15) is 0 Å². The molecule has 0 spiro atoms. The van der Waals surface area contributed by atoms with E-state index in [0.29, 0.717) is 6.04 Å². The van der Waals surface area contributed by atoms with Crippen LogP contribution in [0.1, 0.15) is 25.8 Å². The molecule has 2 rings (SSSR count). The molecule has 0 aromatic carbocycles. The maximum atomic E-state index is 4.29. The van der Waals surface area contributed by atoms with Crippen molar-refractivity contribution in [2.75, 3.05) is 5.32 Å². The summed E-state index contributed by atoms with van der Waals surface area (Å²) in [6.45, 7) is 6.36. The molecule has 0 amide bonds. The van der Waals surface area contributed by atoms with Crippen molar-refractivity contribution >= 4 is 16.9 Å². The summed E-state index contributed by atoms with van der Waals surface area (Å²) in [6.07, 6.45) is 4.62. The van der Waals surface area contributed by atoms with Crippen LogP contribution in [0.3, 0.4) is 0 Å². The molecule has 0 aliphatic rings. The van der Waals surface area contributed by atoms with Crippen molar-refractivity contribution in [1.29, 1.82) is 0 Å². The Hall–Kier alpha value is -1.58. The van der Waals surface area contributed by atoms with Crippen molar-refractivity contribution < 1.29 is 0 Å². The highest BCUT2D eigenvalue weighted by Crippen LogP contribution is 2.22. The first-order valence-corrected chi connectivity index (χ1v) is 5.27. The first-order chi connectivity index (χ1) is 7.22. The number of anilines is 1. The first kappa shape index (κ1) is 9.96. The van der Waals surface area contributed by atoms with E-state index in [1.165, 1.54) is 5.56 Å². The molecule has 0 fully saturated rings. The predicted octanol–water partition coefficient (Wildman–Crippen LogP) is 2.48. The lowest BCUT2D eigenvalue weighted by atomic mass is 10.2. The fourth-order valence-electron chi connectivity index (χ4n) is 1.56. The highest BCUT2D eigenvalue weighted by molar-refractivity contribution is 5.90. The quantitative estimate of drug-likeness (QED) is 0.807. The third kappa shape index (κ3) is 1.79. The Morgan fingerprint density at radius 2 is 2.27 bits per heavy atom. The number of hydrogen-bond acceptors (Lipinski definition) is 3.